The van der Waals surface area contributed by atoms with Gasteiger partial charge in [0.25, 0.3) is 0 Å². The van der Waals surface area contributed by atoms with E-state index < -0.39 is 0 Å². The van der Waals surface area contributed by atoms with Gasteiger partial charge in [-0.1, -0.05) is 18.2 Å². The molecule has 1 aliphatic heterocycles. The molecule has 1 heterocycles. The van der Waals surface area contributed by atoms with Crippen molar-refractivity contribution in [2.45, 2.75) is 13.8 Å². The molecule has 184 valence electrons. The van der Waals surface area contributed by atoms with E-state index in [0.29, 0.717) is 37.3 Å². The molecule has 0 aromatic heterocycles. The maximum absolute atomic E-state index is 5.97. The summed E-state index contributed by atoms with van der Waals surface area (Å²) in [5, 5.41) is 6.94. The first-order valence-corrected chi connectivity index (χ1v) is 12.2. The summed E-state index contributed by atoms with van der Waals surface area (Å²) in [6.07, 6.45) is 0. The molecule has 1 aliphatic rings. The van der Waals surface area contributed by atoms with Crippen LogP contribution in [0.1, 0.15) is 13.8 Å². The van der Waals surface area contributed by atoms with Crippen LogP contribution in [0.15, 0.2) is 66.7 Å². The van der Waals surface area contributed by atoms with E-state index >= 15 is 0 Å². The second kappa shape index (κ2) is 12.3. The van der Waals surface area contributed by atoms with Crippen molar-refractivity contribution in [1.82, 2.24) is 0 Å². The summed E-state index contributed by atoms with van der Waals surface area (Å²) in [7, 11) is 0. The number of ether oxygens (including phenoxy) is 4. The number of anilines is 3. The lowest BCUT2D eigenvalue weighted by molar-refractivity contribution is 0.122. The number of para-hydroxylation sites is 1. The maximum Gasteiger partial charge on any atom is 0.175 e. The molecule has 1 fully saturated rings. The van der Waals surface area contributed by atoms with Crippen molar-refractivity contribution in [2.75, 3.05) is 55.1 Å². The van der Waals surface area contributed by atoms with Gasteiger partial charge in [0.2, 0.25) is 0 Å². The number of rotatable bonds is 9. The van der Waals surface area contributed by atoms with Crippen LogP contribution < -0.4 is 29.7 Å². The van der Waals surface area contributed by atoms with Crippen LogP contribution >= 0.6 is 12.2 Å². The molecule has 8 heteroatoms. The minimum absolute atomic E-state index is 0.448. The smallest absolute Gasteiger partial charge is 0.175 e. The van der Waals surface area contributed by atoms with Gasteiger partial charge in [-0.05, 0) is 62.5 Å². The summed E-state index contributed by atoms with van der Waals surface area (Å²) in [5.41, 5.74) is 2.58. The number of hydrogen-bond acceptors (Lipinski definition) is 6. The fraction of sp³-hybridized carbons (Fsp3) is 0.296. The van der Waals surface area contributed by atoms with E-state index in [4.69, 9.17) is 31.2 Å². The molecule has 2 N–H and O–H groups in total. The van der Waals surface area contributed by atoms with Gasteiger partial charge in [-0.15, -0.1) is 0 Å². The Morgan fingerprint density at radius 2 is 1.51 bits per heavy atom. The van der Waals surface area contributed by atoms with Gasteiger partial charge in [0.05, 0.1) is 37.8 Å². The van der Waals surface area contributed by atoms with Crippen LogP contribution in [0.25, 0.3) is 0 Å². The van der Waals surface area contributed by atoms with Crippen LogP contribution in [0.3, 0.4) is 0 Å². The summed E-state index contributed by atoms with van der Waals surface area (Å²) in [4.78, 5) is 2.26. The van der Waals surface area contributed by atoms with Crippen molar-refractivity contribution >= 4 is 34.4 Å². The zero-order chi connectivity index (χ0) is 24.5. The molecule has 0 atom stereocenters. The second-order valence-corrected chi connectivity index (χ2v) is 8.21. The van der Waals surface area contributed by atoms with Crippen molar-refractivity contribution in [3.8, 4) is 23.0 Å². The Balaban J connectivity index is 1.47. The zero-order valence-electron chi connectivity index (χ0n) is 20.1. The second-order valence-electron chi connectivity index (χ2n) is 7.80. The fourth-order valence-electron chi connectivity index (χ4n) is 3.76. The van der Waals surface area contributed by atoms with Crippen molar-refractivity contribution in [3.63, 3.8) is 0 Å². The molecule has 3 aromatic carbocycles. The minimum atomic E-state index is 0.448. The van der Waals surface area contributed by atoms with Gasteiger partial charge in [-0.3, -0.25) is 0 Å². The van der Waals surface area contributed by atoms with Gasteiger partial charge in [0.1, 0.15) is 23.0 Å². The third-order valence-electron chi connectivity index (χ3n) is 5.35. The van der Waals surface area contributed by atoms with Gasteiger partial charge in [-0.2, -0.15) is 0 Å². The number of morpholine rings is 1. The molecule has 35 heavy (non-hydrogen) atoms. The lowest BCUT2D eigenvalue weighted by Gasteiger charge is -2.31. The van der Waals surface area contributed by atoms with E-state index in [-0.39, 0.29) is 0 Å². The van der Waals surface area contributed by atoms with Gasteiger partial charge in [0, 0.05) is 30.9 Å². The predicted molar refractivity (Wildman–Crippen MR) is 145 cm³/mol. The summed E-state index contributed by atoms with van der Waals surface area (Å²) < 4.78 is 23.3. The van der Waals surface area contributed by atoms with Crippen molar-refractivity contribution in [3.05, 3.63) is 66.7 Å². The highest BCUT2D eigenvalue weighted by atomic mass is 32.1. The van der Waals surface area contributed by atoms with E-state index in [2.05, 4.69) is 15.5 Å². The number of thiocarbonyl (C=S) groups is 1. The van der Waals surface area contributed by atoms with Crippen molar-refractivity contribution < 1.29 is 18.9 Å². The zero-order valence-corrected chi connectivity index (χ0v) is 20.9. The van der Waals surface area contributed by atoms with Crippen LogP contribution in [0.4, 0.5) is 17.1 Å². The monoisotopic (exact) mass is 493 g/mol. The van der Waals surface area contributed by atoms with E-state index in [1.54, 1.807) is 0 Å². The molecule has 7 nitrogen and oxygen atoms in total. The molecular formula is C27H31N3O4S. The normalized spacial score (nSPS) is 13.1. The minimum Gasteiger partial charge on any atom is -0.492 e. The molecule has 0 spiro atoms. The topological polar surface area (TPSA) is 64.2 Å². The SMILES string of the molecule is CCOc1cc(N2CCOCC2)c(OCC)cc1NC(=S)Nc1ccc(Oc2ccccc2)cc1. The Labute approximate surface area is 211 Å². The highest BCUT2D eigenvalue weighted by Gasteiger charge is 2.20. The number of hydrogen-bond donors (Lipinski definition) is 2. The molecule has 4 rings (SSSR count). The first kappa shape index (κ1) is 24.6. The van der Waals surface area contributed by atoms with Crippen LogP contribution in [0.5, 0.6) is 23.0 Å². The molecule has 0 unspecified atom stereocenters. The lowest BCUT2D eigenvalue weighted by atomic mass is 10.2. The van der Waals surface area contributed by atoms with Crippen LogP contribution in [0.2, 0.25) is 0 Å². The highest BCUT2D eigenvalue weighted by Crippen LogP contribution is 2.39. The molecule has 0 aliphatic carbocycles. The van der Waals surface area contributed by atoms with Gasteiger partial charge in [-0.25, -0.2) is 0 Å². The van der Waals surface area contributed by atoms with Crippen molar-refractivity contribution in [2.24, 2.45) is 0 Å². The van der Waals surface area contributed by atoms with Gasteiger partial charge < -0.3 is 34.5 Å². The first-order valence-electron chi connectivity index (χ1n) is 11.8. The first-order chi connectivity index (χ1) is 17.2. The van der Waals surface area contributed by atoms with Gasteiger partial charge >= 0.3 is 0 Å². The predicted octanol–water partition coefficient (Wildman–Crippen LogP) is 5.92. The van der Waals surface area contributed by atoms with Crippen LogP contribution in [-0.2, 0) is 4.74 Å². The van der Waals surface area contributed by atoms with E-state index in [1.807, 2.05) is 80.6 Å². The largest absolute Gasteiger partial charge is 0.492 e. The van der Waals surface area contributed by atoms with Crippen molar-refractivity contribution in [1.29, 1.82) is 0 Å². The molecule has 3 aromatic rings. The molecule has 0 saturated carbocycles. The average Bonchev–Trinajstić information content (AvgIpc) is 2.88. The maximum atomic E-state index is 5.97. The number of benzene rings is 3. The summed E-state index contributed by atoms with van der Waals surface area (Å²) in [6, 6.07) is 21.3. The third-order valence-corrected chi connectivity index (χ3v) is 5.56. The van der Waals surface area contributed by atoms with Crippen LogP contribution in [0, 0.1) is 0 Å². The molecular weight excluding hydrogens is 462 g/mol. The summed E-state index contributed by atoms with van der Waals surface area (Å²) in [5.74, 6) is 3.04. The standard InChI is InChI=1S/C27H31N3O4S/c1-3-32-25-19-24(30-14-16-31-17-15-30)26(33-4-2)18-23(25)29-27(35)28-20-10-12-22(13-11-20)34-21-8-6-5-7-9-21/h5-13,18-19H,3-4,14-17H2,1-2H3,(H2,28,29,35). The molecule has 0 radical (unpaired) electrons. The molecule has 0 bridgehead atoms. The van der Waals surface area contributed by atoms with E-state index in [0.717, 1.165) is 47.4 Å². The van der Waals surface area contributed by atoms with E-state index in [1.165, 1.54) is 0 Å². The molecule has 1 saturated heterocycles. The Morgan fingerprint density at radius 1 is 0.857 bits per heavy atom. The Bertz CT molecular complexity index is 1100. The number of nitrogens with zero attached hydrogens (tertiary/aromatic N) is 1. The van der Waals surface area contributed by atoms with Crippen LogP contribution in [-0.4, -0.2) is 44.6 Å². The molecule has 0 amide bonds. The lowest BCUT2D eigenvalue weighted by Crippen LogP contribution is -2.36. The summed E-state index contributed by atoms with van der Waals surface area (Å²) >= 11 is 5.59. The van der Waals surface area contributed by atoms with E-state index in [9.17, 15) is 0 Å². The highest BCUT2D eigenvalue weighted by molar-refractivity contribution is 7.80. The van der Waals surface area contributed by atoms with Gasteiger partial charge in [0.15, 0.2) is 5.11 Å². The third kappa shape index (κ3) is 6.77. The quantitative estimate of drug-likeness (QED) is 0.356. The fourth-order valence-corrected chi connectivity index (χ4v) is 3.99. The Kier molecular flexibility index (Phi) is 8.64. The summed E-state index contributed by atoms with van der Waals surface area (Å²) in [6.45, 7) is 8.04. The Hall–Kier alpha value is -3.49. The average molecular weight is 494 g/mol. The Morgan fingerprint density at radius 3 is 2.20 bits per heavy atom. The number of nitrogens with one attached hydrogen (secondary N) is 2.